The van der Waals surface area contributed by atoms with Crippen molar-refractivity contribution in [3.63, 3.8) is 0 Å². The van der Waals surface area contributed by atoms with Gasteiger partial charge in [0.2, 0.25) is 15.9 Å². The Morgan fingerprint density at radius 3 is 2.45 bits per heavy atom. The van der Waals surface area contributed by atoms with Gasteiger partial charge in [-0.1, -0.05) is 36.9 Å². The topological polar surface area (TPSA) is 95.6 Å². The monoisotopic (exact) mass is 441 g/mol. The summed E-state index contributed by atoms with van der Waals surface area (Å²) < 4.78 is 26.6. The highest BCUT2D eigenvalue weighted by molar-refractivity contribution is 7.89. The average molecular weight is 442 g/mol. The van der Waals surface area contributed by atoms with E-state index < -0.39 is 10.0 Å². The van der Waals surface area contributed by atoms with E-state index in [2.05, 4.69) is 29.3 Å². The number of carbonyl (C=O) groups is 2. The Bertz CT molecular complexity index is 1040. The van der Waals surface area contributed by atoms with Crippen molar-refractivity contribution in [2.45, 2.75) is 29.7 Å². The predicted octanol–water partition coefficient (Wildman–Crippen LogP) is 2.29. The van der Waals surface area contributed by atoms with E-state index in [4.69, 9.17) is 0 Å². The molecule has 2 N–H and O–H groups in total. The molecule has 2 atom stereocenters. The van der Waals surface area contributed by atoms with Crippen molar-refractivity contribution in [2.24, 2.45) is 0 Å². The van der Waals surface area contributed by atoms with Gasteiger partial charge in [0.15, 0.2) is 0 Å². The lowest BCUT2D eigenvalue weighted by atomic mass is 10.1. The van der Waals surface area contributed by atoms with Gasteiger partial charge in [-0.05, 0) is 48.7 Å². The van der Waals surface area contributed by atoms with E-state index in [-0.39, 0.29) is 29.3 Å². The zero-order valence-corrected chi connectivity index (χ0v) is 18.3. The number of hydrogen-bond acceptors (Lipinski definition) is 4. The van der Waals surface area contributed by atoms with Crippen LogP contribution < -0.4 is 10.6 Å². The van der Waals surface area contributed by atoms with Crippen molar-refractivity contribution < 1.29 is 18.0 Å². The molecule has 0 radical (unpaired) electrons. The fourth-order valence-corrected chi connectivity index (χ4v) is 4.55. The highest BCUT2D eigenvalue weighted by Gasteiger charge is 2.39. The van der Waals surface area contributed by atoms with Gasteiger partial charge < -0.3 is 10.6 Å². The van der Waals surface area contributed by atoms with E-state index in [1.807, 2.05) is 18.2 Å². The van der Waals surface area contributed by atoms with Gasteiger partial charge in [-0.3, -0.25) is 9.59 Å². The number of benzene rings is 2. The van der Waals surface area contributed by atoms with Crippen LogP contribution in [0.15, 0.2) is 72.1 Å². The third-order valence-corrected chi connectivity index (χ3v) is 7.16. The molecular weight excluding hydrogens is 414 g/mol. The molecular formula is C23H27N3O4S. The SMILES string of the molecule is C=CC(=O)NCCCN(C)S(=O)(=O)c1ccc(C(=O)N[C@@H]2CC2c2ccccc2)cc1. The van der Waals surface area contributed by atoms with Crippen molar-refractivity contribution in [1.82, 2.24) is 14.9 Å². The average Bonchev–Trinajstić information content (AvgIpc) is 3.56. The number of rotatable bonds is 10. The van der Waals surface area contributed by atoms with E-state index in [9.17, 15) is 18.0 Å². The first-order chi connectivity index (χ1) is 14.8. The minimum absolute atomic E-state index is 0.103. The molecule has 1 saturated carbocycles. The lowest BCUT2D eigenvalue weighted by Gasteiger charge is -2.17. The molecule has 31 heavy (non-hydrogen) atoms. The van der Waals surface area contributed by atoms with E-state index in [0.717, 1.165) is 6.42 Å². The van der Waals surface area contributed by atoms with E-state index in [1.165, 1.54) is 47.3 Å². The van der Waals surface area contributed by atoms with Crippen molar-refractivity contribution in [2.75, 3.05) is 20.1 Å². The second-order valence-corrected chi connectivity index (χ2v) is 9.58. The van der Waals surface area contributed by atoms with Crippen LogP contribution in [-0.2, 0) is 14.8 Å². The Morgan fingerprint density at radius 1 is 1.13 bits per heavy atom. The van der Waals surface area contributed by atoms with E-state index >= 15 is 0 Å². The maximum Gasteiger partial charge on any atom is 0.251 e. The van der Waals surface area contributed by atoms with Crippen LogP contribution in [0.2, 0.25) is 0 Å². The molecule has 0 saturated heterocycles. The number of carbonyl (C=O) groups excluding carboxylic acids is 2. The lowest BCUT2D eigenvalue weighted by Crippen LogP contribution is -2.31. The molecule has 1 aliphatic carbocycles. The fraction of sp³-hybridized carbons (Fsp3) is 0.304. The van der Waals surface area contributed by atoms with Gasteiger partial charge in [-0.25, -0.2) is 12.7 Å². The van der Waals surface area contributed by atoms with Crippen LogP contribution in [0.25, 0.3) is 0 Å². The molecule has 0 bridgehead atoms. The van der Waals surface area contributed by atoms with Gasteiger partial charge in [0, 0.05) is 37.7 Å². The fourth-order valence-electron chi connectivity index (χ4n) is 3.34. The van der Waals surface area contributed by atoms with Gasteiger partial charge in [0.05, 0.1) is 4.90 Å². The summed E-state index contributed by atoms with van der Waals surface area (Å²) in [7, 11) is -2.19. The molecule has 8 heteroatoms. The normalized spacial score (nSPS) is 17.7. The Balaban J connectivity index is 1.53. The van der Waals surface area contributed by atoms with Crippen molar-refractivity contribution in [3.8, 4) is 0 Å². The molecule has 7 nitrogen and oxygen atoms in total. The van der Waals surface area contributed by atoms with Crippen LogP contribution in [-0.4, -0.2) is 50.7 Å². The van der Waals surface area contributed by atoms with Crippen LogP contribution >= 0.6 is 0 Å². The minimum Gasteiger partial charge on any atom is -0.353 e. The Labute approximate surface area is 183 Å². The number of hydrogen-bond donors (Lipinski definition) is 2. The summed E-state index contributed by atoms with van der Waals surface area (Å²) in [5.41, 5.74) is 1.63. The van der Waals surface area contributed by atoms with Crippen LogP contribution in [0.1, 0.15) is 34.7 Å². The van der Waals surface area contributed by atoms with E-state index in [1.54, 1.807) is 0 Å². The first kappa shape index (κ1) is 22.7. The van der Waals surface area contributed by atoms with Crippen LogP contribution in [0, 0.1) is 0 Å². The molecule has 1 unspecified atom stereocenters. The molecule has 2 amide bonds. The number of nitrogens with zero attached hydrogens (tertiary/aromatic N) is 1. The second-order valence-electron chi connectivity index (χ2n) is 7.53. The molecule has 164 valence electrons. The predicted molar refractivity (Wildman–Crippen MR) is 119 cm³/mol. The zero-order valence-electron chi connectivity index (χ0n) is 17.5. The van der Waals surface area contributed by atoms with Gasteiger partial charge >= 0.3 is 0 Å². The molecule has 0 spiro atoms. The minimum atomic E-state index is -3.67. The first-order valence-corrected chi connectivity index (χ1v) is 11.6. The zero-order chi connectivity index (χ0) is 22.4. The summed E-state index contributed by atoms with van der Waals surface area (Å²) in [5, 5.41) is 5.62. The summed E-state index contributed by atoms with van der Waals surface area (Å²) in [6, 6.07) is 16.1. The maximum atomic E-state index is 12.7. The summed E-state index contributed by atoms with van der Waals surface area (Å²) in [6.45, 7) is 3.97. The smallest absolute Gasteiger partial charge is 0.251 e. The number of nitrogens with one attached hydrogen (secondary N) is 2. The molecule has 1 aliphatic rings. The number of amides is 2. The Kier molecular flexibility index (Phi) is 7.25. The van der Waals surface area contributed by atoms with Crippen LogP contribution in [0.3, 0.4) is 0 Å². The molecule has 3 rings (SSSR count). The van der Waals surface area contributed by atoms with Crippen molar-refractivity contribution in [3.05, 3.63) is 78.4 Å². The molecule has 0 heterocycles. The quantitative estimate of drug-likeness (QED) is 0.437. The van der Waals surface area contributed by atoms with Crippen LogP contribution in [0.5, 0.6) is 0 Å². The van der Waals surface area contributed by atoms with E-state index in [0.29, 0.717) is 24.4 Å². The third kappa shape index (κ3) is 5.80. The molecule has 1 fully saturated rings. The van der Waals surface area contributed by atoms with Gasteiger partial charge in [0.25, 0.3) is 5.91 Å². The molecule has 2 aromatic carbocycles. The third-order valence-electron chi connectivity index (χ3n) is 5.29. The van der Waals surface area contributed by atoms with Crippen molar-refractivity contribution in [1.29, 1.82) is 0 Å². The summed E-state index contributed by atoms with van der Waals surface area (Å²) in [6.07, 6.45) is 2.54. The van der Waals surface area contributed by atoms with Crippen LogP contribution in [0.4, 0.5) is 0 Å². The Morgan fingerprint density at radius 2 is 1.81 bits per heavy atom. The summed E-state index contributed by atoms with van der Waals surface area (Å²) >= 11 is 0. The van der Waals surface area contributed by atoms with Gasteiger partial charge in [-0.2, -0.15) is 0 Å². The van der Waals surface area contributed by atoms with Gasteiger partial charge in [0.1, 0.15) is 0 Å². The molecule has 0 aromatic heterocycles. The first-order valence-electron chi connectivity index (χ1n) is 10.2. The Hall–Kier alpha value is -2.97. The second kappa shape index (κ2) is 9.89. The summed E-state index contributed by atoms with van der Waals surface area (Å²) in [5.74, 6) is -0.172. The molecule has 0 aliphatic heterocycles. The summed E-state index contributed by atoms with van der Waals surface area (Å²) in [4.78, 5) is 23.8. The van der Waals surface area contributed by atoms with Gasteiger partial charge in [-0.15, -0.1) is 0 Å². The lowest BCUT2D eigenvalue weighted by molar-refractivity contribution is -0.116. The largest absolute Gasteiger partial charge is 0.353 e. The standard InChI is InChI=1S/C23H27N3O4S/c1-3-22(27)24-14-7-15-26(2)31(29,30)19-12-10-18(11-13-19)23(28)25-21-16-20(21)17-8-5-4-6-9-17/h3-6,8-13,20-21H,1,7,14-16H2,2H3,(H,24,27)(H,25,28)/t20?,21-/m1/s1. The highest BCUT2D eigenvalue weighted by Crippen LogP contribution is 2.40. The maximum absolute atomic E-state index is 12.7. The van der Waals surface area contributed by atoms with Crippen molar-refractivity contribution >= 4 is 21.8 Å². The highest BCUT2D eigenvalue weighted by atomic mass is 32.2. The number of sulfonamides is 1. The molecule has 2 aromatic rings.